The molecular formula is C23H24ClNO5S. The fraction of sp³-hybridized carbons (Fsp3) is 0.261. The SMILES string of the molecule is CC[C@@H](C)N(Cc1ccc(OS(=O)(=O)c2c(C)cccc2Cl)cc1)C(=O)c1ccco1. The molecule has 2 aromatic carbocycles. The van der Waals surface area contributed by atoms with E-state index in [-0.39, 0.29) is 33.4 Å². The lowest BCUT2D eigenvalue weighted by Gasteiger charge is -2.28. The fourth-order valence-electron chi connectivity index (χ4n) is 3.14. The number of benzene rings is 2. The molecule has 0 aliphatic carbocycles. The second kappa shape index (κ2) is 9.58. The van der Waals surface area contributed by atoms with Crippen molar-refractivity contribution in [1.82, 2.24) is 4.90 Å². The van der Waals surface area contributed by atoms with E-state index >= 15 is 0 Å². The van der Waals surface area contributed by atoms with Crippen molar-refractivity contribution in [2.45, 2.75) is 44.7 Å². The molecule has 31 heavy (non-hydrogen) atoms. The van der Waals surface area contributed by atoms with Crippen LogP contribution in [-0.2, 0) is 16.7 Å². The average molecular weight is 462 g/mol. The number of hydrogen-bond acceptors (Lipinski definition) is 5. The summed E-state index contributed by atoms with van der Waals surface area (Å²) in [6.45, 7) is 5.98. The Bertz CT molecular complexity index is 1120. The highest BCUT2D eigenvalue weighted by Gasteiger charge is 2.24. The number of furan rings is 1. The number of nitrogens with zero attached hydrogens (tertiary/aromatic N) is 1. The topological polar surface area (TPSA) is 76.8 Å². The summed E-state index contributed by atoms with van der Waals surface area (Å²) in [4.78, 5) is 14.5. The van der Waals surface area contributed by atoms with Crippen molar-refractivity contribution >= 4 is 27.6 Å². The van der Waals surface area contributed by atoms with Crippen LogP contribution < -0.4 is 4.18 Å². The molecule has 0 saturated heterocycles. The van der Waals surface area contributed by atoms with Crippen LogP contribution in [0.4, 0.5) is 0 Å². The molecule has 0 spiro atoms. The molecule has 3 rings (SSSR count). The van der Waals surface area contributed by atoms with Gasteiger partial charge in [-0.2, -0.15) is 8.42 Å². The number of carbonyl (C=O) groups is 1. The molecule has 0 fully saturated rings. The monoisotopic (exact) mass is 461 g/mol. The standard InChI is InChI=1S/C23H24ClNO5S/c1-4-17(3)25(23(26)21-9-6-14-29-21)15-18-10-12-19(13-11-18)30-31(27,28)22-16(2)7-5-8-20(22)24/h5-14,17H,4,15H2,1-3H3/t17-/m1/s1. The predicted molar refractivity (Wildman–Crippen MR) is 119 cm³/mol. The van der Waals surface area contributed by atoms with Crippen LogP contribution in [0.15, 0.2) is 70.2 Å². The van der Waals surface area contributed by atoms with E-state index in [9.17, 15) is 13.2 Å². The van der Waals surface area contributed by atoms with E-state index in [4.69, 9.17) is 20.2 Å². The van der Waals surface area contributed by atoms with Crippen molar-refractivity contribution in [3.63, 3.8) is 0 Å². The quantitative estimate of drug-likeness (QED) is 0.417. The Morgan fingerprint density at radius 3 is 2.42 bits per heavy atom. The Kier molecular flexibility index (Phi) is 7.08. The van der Waals surface area contributed by atoms with Crippen LogP contribution in [0.1, 0.15) is 41.9 Å². The highest BCUT2D eigenvalue weighted by atomic mass is 35.5. The van der Waals surface area contributed by atoms with Gasteiger partial charge in [0.1, 0.15) is 10.6 Å². The first kappa shape index (κ1) is 22.9. The molecule has 164 valence electrons. The maximum atomic E-state index is 12.8. The van der Waals surface area contributed by atoms with E-state index in [0.29, 0.717) is 12.1 Å². The maximum absolute atomic E-state index is 12.8. The second-order valence-electron chi connectivity index (χ2n) is 7.23. The molecule has 0 radical (unpaired) electrons. The molecule has 0 aliphatic heterocycles. The minimum absolute atomic E-state index is 0.00268. The first-order chi connectivity index (χ1) is 14.7. The van der Waals surface area contributed by atoms with Crippen molar-refractivity contribution < 1.29 is 21.8 Å². The first-order valence-electron chi connectivity index (χ1n) is 9.86. The van der Waals surface area contributed by atoms with Gasteiger partial charge in [-0.05, 0) is 61.7 Å². The molecule has 1 aromatic heterocycles. The van der Waals surface area contributed by atoms with Gasteiger partial charge in [-0.15, -0.1) is 0 Å². The van der Waals surface area contributed by atoms with Crippen molar-refractivity contribution in [3.8, 4) is 5.75 Å². The van der Waals surface area contributed by atoms with Crippen LogP contribution >= 0.6 is 11.6 Å². The third kappa shape index (κ3) is 5.29. The number of hydrogen-bond donors (Lipinski definition) is 0. The molecule has 6 nitrogen and oxygen atoms in total. The molecule has 0 aliphatic rings. The summed E-state index contributed by atoms with van der Waals surface area (Å²) in [6.07, 6.45) is 2.25. The summed E-state index contributed by atoms with van der Waals surface area (Å²) in [5.41, 5.74) is 1.34. The Morgan fingerprint density at radius 1 is 1.13 bits per heavy atom. The summed E-state index contributed by atoms with van der Waals surface area (Å²) in [6, 6.07) is 14.7. The van der Waals surface area contributed by atoms with Crippen molar-refractivity contribution in [2.75, 3.05) is 0 Å². The van der Waals surface area contributed by atoms with E-state index in [2.05, 4.69) is 0 Å². The summed E-state index contributed by atoms with van der Waals surface area (Å²) >= 11 is 6.07. The number of carbonyl (C=O) groups excluding carboxylic acids is 1. The summed E-state index contributed by atoms with van der Waals surface area (Å²) in [5, 5.41) is 0.109. The summed E-state index contributed by atoms with van der Waals surface area (Å²) in [7, 11) is -4.08. The van der Waals surface area contributed by atoms with E-state index in [1.165, 1.54) is 12.3 Å². The van der Waals surface area contributed by atoms with Crippen LogP contribution in [0.5, 0.6) is 5.75 Å². The second-order valence-corrected chi connectivity index (χ2v) is 9.13. The van der Waals surface area contributed by atoms with Gasteiger partial charge in [-0.3, -0.25) is 4.79 Å². The number of rotatable bonds is 8. The van der Waals surface area contributed by atoms with Crippen LogP contribution in [-0.4, -0.2) is 25.3 Å². The van der Waals surface area contributed by atoms with Gasteiger partial charge in [0.15, 0.2) is 5.76 Å². The molecule has 0 saturated carbocycles. The molecule has 0 N–H and O–H groups in total. The first-order valence-corrected chi connectivity index (χ1v) is 11.6. The summed E-state index contributed by atoms with van der Waals surface area (Å²) in [5.74, 6) is 0.244. The van der Waals surface area contributed by atoms with Gasteiger partial charge in [0, 0.05) is 12.6 Å². The molecule has 3 aromatic rings. The Morgan fingerprint density at radius 2 is 1.84 bits per heavy atom. The Labute approximate surface area is 187 Å². The lowest BCUT2D eigenvalue weighted by Crippen LogP contribution is -2.37. The van der Waals surface area contributed by atoms with Gasteiger partial charge in [0.25, 0.3) is 5.91 Å². The third-order valence-electron chi connectivity index (χ3n) is 5.01. The van der Waals surface area contributed by atoms with E-state index < -0.39 is 10.1 Å². The van der Waals surface area contributed by atoms with Crippen molar-refractivity contribution in [2.24, 2.45) is 0 Å². The molecule has 0 unspecified atom stereocenters. The fourth-order valence-corrected chi connectivity index (χ4v) is 4.86. The van der Waals surface area contributed by atoms with Crippen LogP contribution in [0.3, 0.4) is 0 Å². The molecule has 1 amide bonds. The lowest BCUT2D eigenvalue weighted by atomic mass is 10.1. The lowest BCUT2D eigenvalue weighted by molar-refractivity contribution is 0.0638. The minimum atomic E-state index is -4.08. The van der Waals surface area contributed by atoms with Gasteiger partial charge in [0.2, 0.25) is 0 Å². The largest absolute Gasteiger partial charge is 0.459 e. The highest BCUT2D eigenvalue weighted by Crippen LogP contribution is 2.28. The third-order valence-corrected chi connectivity index (χ3v) is 6.89. The van der Waals surface area contributed by atoms with Gasteiger partial charge < -0.3 is 13.5 Å². The Hall–Kier alpha value is -2.77. The highest BCUT2D eigenvalue weighted by molar-refractivity contribution is 7.87. The zero-order valence-electron chi connectivity index (χ0n) is 17.5. The zero-order chi connectivity index (χ0) is 22.6. The van der Waals surface area contributed by atoms with Gasteiger partial charge >= 0.3 is 10.1 Å². The van der Waals surface area contributed by atoms with Crippen molar-refractivity contribution in [1.29, 1.82) is 0 Å². The minimum Gasteiger partial charge on any atom is -0.459 e. The van der Waals surface area contributed by atoms with Crippen molar-refractivity contribution in [3.05, 3.63) is 82.8 Å². The predicted octanol–water partition coefficient (Wildman–Crippen LogP) is 5.45. The average Bonchev–Trinajstić information content (AvgIpc) is 3.26. The van der Waals surface area contributed by atoms with Gasteiger partial charge in [-0.1, -0.05) is 42.8 Å². The Balaban J connectivity index is 1.78. The van der Waals surface area contributed by atoms with E-state index in [1.807, 2.05) is 13.8 Å². The maximum Gasteiger partial charge on any atom is 0.340 e. The normalized spacial score (nSPS) is 12.4. The number of aryl methyl sites for hydroxylation is 1. The zero-order valence-corrected chi connectivity index (χ0v) is 19.1. The van der Waals surface area contributed by atoms with E-state index in [0.717, 1.165) is 12.0 Å². The van der Waals surface area contributed by atoms with Crippen LogP contribution in [0.25, 0.3) is 0 Å². The van der Waals surface area contributed by atoms with Crippen LogP contribution in [0.2, 0.25) is 5.02 Å². The molecule has 1 heterocycles. The molecule has 8 heteroatoms. The van der Waals surface area contributed by atoms with Crippen LogP contribution in [0, 0.1) is 6.92 Å². The van der Waals surface area contributed by atoms with Gasteiger partial charge in [0.05, 0.1) is 11.3 Å². The van der Waals surface area contributed by atoms with Gasteiger partial charge in [-0.25, -0.2) is 0 Å². The molecule has 0 bridgehead atoms. The van der Waals surface area contributed by atoms with E-state index in [1.54, 1.807) is 60.4 Å². The summed E-state index contributed by atoms with van der Waals surface area (Å²) < 4.78 is 35.9. The smallest absolute Gasteiger partial charge is 0.340 e. The number of amides is 1. The molecule has 1 atom stereocenters. The molecular weight excluding hydrogens is 438 g/mol. The number of halogens is 1.